The Bertz CT molecular complexity index is 472. The Morgan fingerprint density at radius 3 is 2.67 bits per heavy atom. The first-order chi connectivity index (χ1) is 10.1. The molecule has 0 aliphatic carbocycles. The number of terminal acetylenes is 1. The average molecular weight is 289 g/mol. The third kappa shape index (κ3) is 4.75. The van der Waals surface area contributed by atoms with Crippen LogP contribution in [0.3, 0.4) is 0 Å². The lowest BCUT2D eigenvalue weighted by Crippen LogP contribution is -2.45. The molecule has 1 atom stereocenters. The van der Waals surface area contributed by atoms with E-state index in [1.54, 1.807) is 0 Å². The molecule has 4 heteroatoms. The Labute approximate surface area is 126 Å². The van der Waals surface area contributed by atoms with Crippen LogP contribution in [0.5, 0.6) is 5.75 Å². The second-order valence-corrected chi connectivity index (χ2v) is 5.50. The van der Waals surface area contributed by atoms with E-state index in [2.05, 4.69) is 18.2 Å². The summed E-state index contributed by atoms with van der Waals surface area (Å²) in [6, 6.07) is 8.01. The molecule has 114 valence electrons. The lowest BCUT2D eigenvalue weighted by atomic mass is 9.94. The molecule has 1 saturated heterocycles. The third-order valence-corrected chi connectivity index (χ3v) is 3.86. The van der Waals surface area contributed by atoms with Gasteiger partial charge in [0.1, 0.15) is 12.4 Å². The maximum atomic E-state index is 10.4. The fraction of sp³-hybridized carbons (Fsp3) is 0.529. The lowest BCUT2D eigenvalue weighted by Gasteiger charge is -2.33. The van der Waals surface area contributed by atoms with Crippen LogP contribution >= 0.6 is 0 Å². The molecule has 21 heavy (non-hydrogen) atoms. The van der Waals surface area contributed by atoms with E-state index in [-0.39, 0.29) is 12.6 Å². The molecule has 1 aliphatic heterocycles. The fourth-order valence-electron chi connectivity index (χ4n) is 2.37. The maximum absolute atomic E-state index is 10.4. The largest absolute Gasteiger partial charge is 0.481 e. The number of nitrogens with one attached hydrogen (secondary N) is 1. The van der Waals surface area contributed by atoms with Gasteiger partial charge in [0.15, 0.2) is 0 Å². The highest BCUT2D eigenvalue weighted by Gasteiger charge is 2.29. The van der Waals surface area contributed by atoms with Crippen molar-refractivity contribution in [2.24, 2.45) is 0 Å². The summed E-state index contributed by atoms with van der Waals surface area (Å²) >= 11 is 0. The monoisotopic (exact) mass is 289 g/mol. The van der Waals surface area contributed by atoms with E-state index in [1.165, 1.54) is 0 Å². The van der Waals surface area contributed by atoms with Crippen molar-refractivity contribution in [1.29, 1.82) is 0 Å². The quantitative estimate of drug-likeness (QED) is 0.785. The third-order valence-electron chi connectivity index (χ3n) is 3.86. The molecule has 0 bridgehead atoms. The summed E-state index contributed by atoms with van der Waals surface area (Å²) in [5, 5.41) is 13.8. The second-order valence-electron chi connectivity index (χ2n) is 5.50. The van der Waals surface area contributed by atoms with Crippen LogP contribution in [0.2, 0.25) is 0 Å². The Morgan fingerprint density at radius 1 is 1.38 bits per heavy atom. The SMILES string of the molecule is C#CCOc1ccc(C(C)NCC2(O)CCOCC2)cc1. The predicted molar refractivity (Wildman–Crippen MR) is 82.2 cm³/mol. The van der Waals surface area contributed by atoms with Gasteiger partial charge in [-0.3, -0.25) is 0 Å². The van der Waals surface area contributed by atoms with Gasteiger partial charge in [0.2, 0.25) is 0 Å². The number of rotatable bonds is 6. The number of hydrogen-bond donors (Lipinski definition) is 2. The molecule has 1 heterocycles. The summed E-state index contributed by atoms with van der Waals surface area (Å²) < 4.78 is 10.6. The van der Waals surface area contributed by atoms with E-state index in [0.717, 1.165) is 11.3 Å². The summed E-state index contributed by atoms with van der Waals surface area (Å²) in [5.41, 5.74) is 0.501. The molecule has 2 rings (SSSR count). The molecule has 0 amide bonds. The molecule has 0 saturated carbocycles. The molecular formula is C17H23NO3. The molecule has 1 aromatic carbocycles. The van der Waals surface area contributed by atoms with Crippen LogP contribution in [0.1, 0.15) is 31.4 Å². The molecule has 4 nitrogen and oxygen atoms in total. The molecule has 1 aromatic rings. The van der Waals surface area contributed by atoms with Crippen molar-refractivity contribution in [2.45, 2.75) is 31.4 Å². The van der Waals surface area contributed by atoms with Gasteiger partial charge in [-0.15, -0.1) is 6.42 Å². The highest BCUT2D eigenvalue weighted by atomic mass is 16.5. The average Bonchev–Trinajstić information content (AvgIpc) is 2.52. The lowest BCUT2D eigenvalue weighted by molar-refractivity contribution is -0.0626. The topological polar surface area (TPSA) is 50.7 Å². The zero-order valence-electron chi connectivity index (χ0n) is 12.5. The molecule has 1 unspecified atom stereocenters. The zero-order valence-corrected chi connectivity index (χ0v) is 12.5. The van der Waals surface area contributed by atoms with E-state index < -0.39 is 5.60 Å². The van der Waals surface area contributed by atoms with E-state index >= 15 is 0 Å². The number of ether oxygens (including phenoxy) is 2. The number of benzene rings is 1. The molecule has 1 fully saturated rings. The molecule has 0 spiro atoms. The maximum Gasteiger partial charge on any atom is 0.148 e. The Kier molecular flexibility index (Phi) is 5.63. The summed E-state index contributed by atoms with van der Waals surface area (Å²) in [7, 11) is 0. The van der Waals surface area contributed by atoms with Gasteiger partial charge in [0.05, 0.1) is 5.60 Å². The van der Waals surface area contributed by atoms with E-state index in [1.807, 2.05) is 24.3 Å². The van der Waals surface area contributed by atoms with Crippen LogP contribution in [0.4, 0.5) is 0 Å². The molecular weight excluding hydrogens is 266 g/mol. The molecule has 0 radical (unpaired) electrons. The minimum atomic E-state index is -0.650. The summed E-state index contributed by atoms with van der Waals surface area (Å²) in [6.07, 6.45) is 6.53. The summed E-state index contributed by atoms with van der Waals surface area (Å²) in [5.74, 6) is 3.21. The van der Waals surface area contributed by atoms with Crippen LogP contribution in [-0.2, 0) is 4.74 Å². The Balaban J connectivity index is 1.85. The van der Waals surface area contributed by atoms with Gasteiger partial charge in [-0.2, -0.15) is 0 Å². The zero-order chi connectivity index (χ0) is 15.1. The normalized spacial score (nSPS) is 18.7. The highest BCUT2D eigenvalue weighted by molar-refractivity contribution is 5.29. The van der Waals surface area contributed by atoms with Gasteiger partial charge in [0.25, 0.3) is 0 Å². The van der Waals surface area contributed by atoms with Crippen LogP contribution in [0, 0.1) is 12.3 Å². The minimum Gasteiger partial charge on any atom is -0.481 e. The smallest absolute Gasteiger partial charge is 0.148 e. The highest BCUT2D eigenvalue weighted by Crippen LogP contribution is 2.22. The summed E-state index contributed by atoms with van der Waals surface area (Å²) in [6.45, 7) is 4.21. The second kappa shape index (κ2) is 7.46. The minimum absolute atomic E-state index is 0.165. The van der Waals surface area contributed by atoms with Crippen molar-refractivity contribution in [3.8, 4) is 18.1 Å². The van der Waals surface area contributed by atoms with Gasteiger partial charge >= 0.3 is 0 Å². The van der Waals surface area contributed by atoms with E-state index in [4.69, 9.17) is 15.9 Å². The Morgan fingerprint density at radius 2 is 2.05 bits per heavy atom. The van der Waals surface area contributed by atoms with Crippen molar-refractivity contribution in [1.82, 2.24) is 5.32 Å². The predicted octanol–water partition coefficient (Wildman–Crippen LogP) is 1.89. The Hall–Kier alpha value is -1.54. The first kappa shape index (κ1) is 15.8. The van der Waals surface area contributed by atoms with Gasteiger partial charge in [-0.25, -0.2) is 0 Å². The van der Waals surface area contributed by atoms with Crippen LogP contribution in [-0.4, -0.2) is 37.1 Å². The first-order valence-electron chi connectivity index (χ1n) is 7.33. The van der Waals surface area contributed by atoms with E-state index in [0.29, 0.717) is 32.6 Å². The van der Waals surface area contributed by atoms with Crippen molar-refractivity contribution < 1.29 is 14.6 Å². The van der Waals surface area contributed by atoms with Crippen molar-refractivity contribution in [3.05, 3.63) is 29.8 Å². The first-order valence-corrected chi connectivity index (χ1v) is 7.33. The molecule has 0 aromatic heterocycles. The van der Waals surface area contributed by atoms with Gasteiger partial charge in [0, 0.05) is 38.6 Å². The fourth-order valence-corrected chi connectivity index (χ4v) is 2.37. The molecule has 2 N–H and O–H groups in total. The standard InChI is InChI=1S/C17H23NO3/c1-3-10-21-16-6-4-15(5-7-16)14(2)18-13-17(19)8-11-20-12-9-17/h1,4-7,14,18-19H,8-13H2,2H3. The number of hydrogen-bond acceptors (Lipinski definition) is 4. The van der Waals surface area contributed by atoms with Crippen LogP contribution < -0.4 is 10.1 Å². The van der Waals surface area contributed by atoms with Gasteiger partial charge in [-0.05, 0) is 24.6 Å². The van der Waals surface area contributed by atoms with Crippen molar-refractivity contribution >= 4 is 0 Å². The molecule has 1 aliphatic rings. The summed E-state index contributed by atoms with van der Waals surface area (Å²) in [4.78, 5) is 0. The number of aliphatic hydroxyl groups is 1. The van der Waals surface area contributed by atoms with Crippen molar-refractivity contribution in [3.63, 3.8) is 0 Å². The van der Waals surface area contributed by atoms with Crippen LogP contribution in [0.15, 0.2) is 24.3 Å². The van der Waals surface area contributed by atoms with Gasteiger partial charge in [-0.1, -0.05) is 18.1 Å². The van der Waals surface area contributed by atoms with Crippen LogP contribution in [0.25, 0.3) is 0 Å². The van der Waals surface area contributed by atoms with Gasteiger partial charge < -0.3 is 19.9 Å². The van der Waals surface area contributed by atoms with E-state index in [9.17, 15) is 5.11 Å². The van der Waals surface area contributed by atoms with Crippen molar-refractivity contribution in [2.75, 3.05) is 26.4 Å².